The number of carbonyl (C=O) groups is 2. The van der Waals surface area contributed by atoms with Gasteiger partial charge in [-0.2, -0.15) is 0 Å². The van der Waals surface area contributed by atoms with Gasteiger partial charge in [-0.3, -0.25) is 14.2 Å². The first-order chi connectivity index (χ1) is 13.7. The SMILES string of the molecule is CSc1ncc(C(=O)N2CCCC(C(=O)NCC3CC3)C2)n1-c1ccccc1. The Morgan fingerprint density at radius 1 is 1.21 bits per heavy atom. The quantitative estimate of drug-likeness (QED) is 0.760. The van der Waals surface area contributed by atoms with Crippen LogP contribution in [0.1, 0.15) is 36.2 Å². The predicted octanol–water partition coefficient (Wildman–Crippen LogP) is 2.97. The molecule has 0 radical (unpaired) electrons. The lowest BCUT2D eigenvalue weighted by Crippen LogP contribution is -2.46. The van der Waals surface area contributed by atoms with Gasteiger partial charge in [0.2, 0.25) is 5.91 Å². The summed E-state index contributed by atoms with van der Waals surface area (Å²) in [5.74, 6) is 0.571. The van der Waals surface area contributed by atoms with Gasteiger partial charge in [-0.25, -0.2) is 4.98 Å². The molecule has 1 aromatic heterocycles. The zero-order valence-corrected chi connectivity index (χ0v) is 17.0. The number of carbonyl (C=O) groups excluding carboxylic acids is 2. The van der Waals surface area contributed by atoms with E-state index in [4.69, 9.17) is 0 Å². The van der Waals surface area contributed by atoms with E-state index in [0.717, 1.165) is 30.2 Å². The first kappa shape index (κ1) is 19.1. The third-order valence-corrected chi connectivity index (χ3v) is 6.14. The van der Waals surface area contributed by atoms with Gasteiger partial charge in [-0.1, -0.05) is 30.0 Å². The van der Waals surface area contributed by atoms with Gasteiger partial charge in [0.05, 0.1) is 12.1 Å². The van der Waals surface area contributed by atoms with Crippen molar-refractivity contribution in [1.82, 2.24) is 19.8 Å². The second-order valence-electron chi connectivity index (χ2n) is 7.58. The van der Waals surface area contributed by atoms with Gasteiger partial charge in [-0.05, 0) is 50.0 Å². The predicted molar refractivity (Wildman–Crippen MR) is 110 cm³/mol. The first-order valence-corrected chi connectivity index (χ1v) is 11.1. The topological polar surface area (TPSA) is 67.2 Å². The highest BCUT2D eigenvalue weighted by molar-refractivity contribution is 7.98. The molecule has 2 heterocycles. The zero-order valence-electron chi connectivity index (χ0n) is 16.1. The van der Waals surface area contributed by atoms with E-state index in [0.29, 0.717) is 24.7 Å². The zero-order chi connectivity index (χ0) is 19.5. The number of thioether (sulfide) groups is 1. The smallest absolute Gasteiger partial charge is 0.272 e. The molecule has 1 aliphatic heterocycles. The molecule has 1 aromatic carbocycles. The first-order valence-electron chi connectivity index (χ1n) is 9.91. The van der Waals surface area contributed by atoms with Crippen molar-refractivity contribution in [3.05, 3.63) is 42.2 Å². The molecule has 0 bridgehead atoms. The van der Waals surface area contributed by atoms with Crippen molar-refractivity contribution in [3.8, 4) is 5.69 Å². The minimum Gasteiger partial charge on any atom is -0.356 e. The number of aromatic nitrogens is 2. The molecule has 2 fully saturated rings. The van der Waals surface area contributed by atoms with Crippen LogP contribution in [0, 0.1) is 11.8 Å². The van der Waals surface area contributed by atoms with E-state index in [1.165, 1.54) is 24.6 Å². The number of imidazole rings is 1. The normalized spacial score (nSPS) is 19.5. The van der Waals surface area contributed by atoms with Gasteiger partial charge in [0.25, 0.3) is 5.91 Å². The maximum absolute atomic E-state index is 13.3. The third-order valence-electron chi connectivity index (χ3n) is 5.49. The Balaban J connectivity index is 1.51. The number of nitrogens with one attached hydrogen (secondary N) is 1. The highest BCUT2D eigenvalue weighted by Gasteiger charge is 2.31. The number of para-hydroxylation sites is 1. The maximum atomic E-state index is 13.3. The molecule has 1 aliphatic carbocycles. The van der Waals surface area contributed by atoms with Crippen LogP contribution in [0.4, 0.5) is 0 Å². The number of piperidine rings is 1. The molecule has 6 nitrogen and oxygen atoms in total. The number of amides is 2. The average Bonchev–Trinajstić information content (AvgIpc) is 3.48. The van der Waals surface area contributed by atoms with E-state index in [2.05, 4.69) is 10.3 Å². The molecule has 1 N–H and O–H groups in total. The molecule has 2 amide bonds. The standard InChI is InChI=1S/C21H26N4O2S/c1-28-21-23-13-18(25(21)17-7-3-2-4-8-17)20(27)24-11-5-6-16(14-24)19(26)22-12-15-9-10-15/h2-4,7-8,13,15-16H,5-6,9-12,14H2,1H3,(H,22,26). The largest absolute Gasteiger partial charge is 0.356 e. The van der Waals surface area contributed by atoms with Crippen LogP contribution in [0.25, 0.3) is 5.69 Å². The number of benzene rings is 1. The van der Waals surface area contributed by atoms with Crippen LogP contribution >= 0.6 is 11.8 Å². The summed E-state index contributed by atoms with van der Waals surface area (Å²) < 4.78 is 1.91. The molecule has 2 aliphatic rings. The highest BCUT2D eigenvalue weighted by atomic mass is 32.2. The molecule has 1 saturated heterocycles. The number of rotatable bonds is 6. The van der Waals surface area contributed by atoms with Gasteiger partial charge >= 0.3 is 0 Å². The molecule has 148 valence electrons. The fraction of sp³-hybridized carbons (Fsp3) is 0.476. The van der Waals surface area contributed by atoms with E-state index >= 15 is 0 Å². The summed E-state index contributed by atoms with van der Waals surface area (Å²) in [6.07, 6.45) is 7.74. The lowest BCUT2D eigenvalue weighted by atomic mass is 9.97. The molecule has 28 heavy (non-hydrogen) atoms. The molecule has 7 heteroatoms. The molecular formula is C21H26N4O2S. The van der Waals surface area contributed by atoms with E-state index in [-0.39, 0.29) is 17.7 Å². The Labute approximate surface area is 169 Å². The Morgan fingerprint density at radius 2 is 2.00 bits per heavy atom. The van der Waals surface area contributed by atoms with E-state index in [1.807, 2.05) is 46.1 Å². The summed E-state index contributed by atoms with van der Waals surface area (Å²) in [7, 11) is 0. The van der Waals surface area contributed by atoms with Crippen LogP contribution in [0.15, 0.2) is 41.7 Å². The van der Waals surface area contributed by atoms with Crippen molar-refractivity contribution in [2.24, 2.45) is 11.8 Å². The van der Waals surface area contributed by atoms with Crippen molar-refractivity contribution in [2.75, 3.05) is 25.9 Å². The second-order valence-corrected chi connectivity index (χ2v) is 8.35. The molecule has 1 unspecified atom stereocenters. The van der Waals surface area contributed by atoms with Crippen LogP contribution in [-0.4, -0.2) is 52.2 Å². The van der Waals surface area contributed by atoms with Gasteiger partial charge in [-0.15, -0.1) is 0 Å². The highest BCUT2D eigenvalue weighted by Crippen LogP contribution is 2.28. The van der Waals surface area contributed by atoms with Crippen LogP contribution < -0.4 is 5.32 Å². The summed E-state index contributed by atoms with van der Waals surface area (Å²) in [5, 5.41) is 3.85. The van der Waals surface area contributed by atoms with Crippen LogP contribution in [-0.2, 0) is 4.79 Å². The lowest BCUT2D eigenvalue weighted by molar-refractivity contribution is -0.126. The Hall–Kier alpha value is -2.28. The van der Waals surface area contributed by atoms with Crippen LogP contribution in [0.2, 0.25) is 0 Å². The molecule has 1 atom stereocenters. The number of likely N-dealkylation sites (tertiary alicyclic amines) is 1. The lowest BCUT2D eigenvalue weighted by Gasteiger charge is -2.32. The van der Waals surface area contributed by atoms with Gasteiger partial charge in [0.15, 0.2) is 5.16 Å². The molecule has 4 rings (SSSR count). The minimum atomic E-state index is -0.121. The fourth-order valence-corrected chi connectivity index (χ4v) is 4.25. The molecule has 2 aromatic rings. The van der Waals surface area contributed by atoms with Crippen molar-refractivity contribution < 1.29 is 9.59 Å². The maximum Gasteiger partial charge on any atom is 0.272 e. The van der Waals surface area contributed by atoms with Crippen LogP contribution in [0.5, 0.6) is 0 Å². The summed E-state index contributed by atoms with van der Waals surface area (Å²) >= 11 is 1.51. The summed E-state index contributed by atoms with van der Waals surface area (Å²) in [5.41, 5.74) is 1.47. The van der Waals surface area contributed by atoms with E-state index in [1.54, 1.807) is 6.20 Å². The Kier molecular flexibility index (Phi) is 5.71. The van der Waals surface area contributed by atoms with Gasteiger partial charge < -0.3 is 10.2 Å². The van der Waals surface area contributed by atoms with Gasteiger partial charge in [0, 0.05) is 25.3 Å². The number of hydrogen-bond acceptors (Lipinski definition) is 4. The fourth-order valence-electron chi connectivity index (χ4n) is 3.71. The number of nitrogens with zero attached hydrogens (tertiary/aromatic N) is 3. The summed E-state index contributed by atoms with van der Waals surface area (Å²) in [6, 6.07) is 9.81. The molecule has 0 spiro atoms. The molecule has 1 saturated carbocycles. The van der Waals surface area contributed by atoms with Crippen molar-refractivity contribution >= 4 is 23.6 Å². The summed E-state index contributed by atoms with van der Waals surface area (Å²) in [6.45, 7) is 1.94. The van der Waals surface area contributed by atoms with Crippen molar-refractivity contribution in [1.29, 1.82) is 0 Å². The Morgan fingerprint density at radius 3 is 2.71 bits per heavy atom. The number of hydrogen-bond donors (Lipinski definition) is 1. The monoisotopic (exact) mass is 398 g/mol. The average molecular weight is 399 g/mol. The Bertz CT molecular complexity index is 847. The second kappa shape index (κ2) is 8.39. The third kappa shape index (κ3) is 4.09. The van der Waals surface area contributed by atoms with E-state index in [9.17, 15) is 9.59 Å². The van der Waals surface area contributed by atoms with Crippen molar-refractivity contribution in [2.45, 2.75) is 30.8 Å². The minimum absolute atomic E-state index is 0.0589. The van der Waals surface area contributed by atoms with Crippen molar-refractivity contribution in [3.63, 3.8) is 0 Å². The molecular weight excluding hydrogens is 372 g/mol. The van der Waals surface area contributed by atoms with E-state index < -0.39 is 0 Å². The summed E-state index contributed by atoms with van der Waals surface area (Å²) in [4.78, 5) is 32.0. The van der Waals surface area contributed by atoms with Gasteiger partial charge in [0.1, 0.15) is 5.69 Å². The van der Waals surface area contributed by atoms with Crippen LogP contribution in [0.3, 0.4) is 0 Å².